The molecule has 1 rings (SSSR count). The van der Waals surface area contributed by atoms with Crippen LogP contribution in [0, 0.1) is 0 Å². The van der Waals surface area contributed by atoms with Gasteiger partial charge in [-0.15, -0.1) is 0 Å². The molecule has 0 aliphatic carbocycles. The van der Waals surface area contributed by atoms with Crippen molar-refractivity contribution in [3.05, 3.63) is 18.1 Å². The van der Waals surface area contributed by atoms with Gasteiger partial charge in [-0.05, 0) is 13.8 Å². The van der Waals surface area contributed by atoms with Crippen LogP contribution in [0.4, 0.5) is 5.82 Å². The number of nitrogens with one attached hydrogen (secondary N) is 1. The van der Waals surface area contributed by atoms with Crippen molar-refractivity contribution in [3.63, 3.8) is 0 Å². The lowest BCUT2D eigenvalue weighted by Crippen LogP contribution is -2.27. The molecule has 1 aromatic heterocycles. The van der Waals surface area contributed by atoms with E-state index in [2.05, 4.69) is 34.0 Å². The molecule has 5 nitrogen and oxygen atoms in total. The van der Waals surface area contributed by atoms with Crippen molar-refractivity contribution in [2.75, 3.05) is 24.7 Å². The van der Waals surface area contributed by atoms with Crippen LogP contribution in [0.25, 0.3) is 0 Å². The summed E-state index contributed by atoms with van der Waals surface area (Å²) < 4.78 is 0. The SMILES string of the molecule is CCN(CC)c1cncc(C(=S)NCO)n1. The van der Waals surface area contributed by atoms with Gasteiger partial charge < -0.3 is 15.3 Å². The monoisotopic (exact) mass is 240 g/mol. The molecule has 6 heteroatoms. The summed E-state index contributed by atoms with van der Waals surface area (Å²) in [5, 5.41) is 11.3. The second-order valence-corrected chi connectivity index (χ2v) is 3.51. The number of aromatic nitrogens is 2. The first kappa shape index (κ1) is 12.8. The summed E-state index contributed by atoms with van der Waals surface area (Å²) >= 11 is 5.05. The van der Waals surface area contributed by atoms with Crippen LogP contribution in [-0.4, -0.2) is 39.9 Å². The lowest BCUT2D eigenvalue weighted by Gasteiger charge is -2.19. The summed E-state index contributed by atoms with van der Waals surface area (Å²) in [5.41, 5.74) is 0.577. The predicted octanol–water partition coefficient (Wildman–Crippen LogP) is 0.538. The van der Waals surface area contributed by atoms with Gasteiger partial charge in [-0.3, -0.25) is 4.98 Å². The van der Waals surface area contributed by atoms with Crippen LogP contribution in [0.15, 0.2) is 12.4 Å². The summed E-state index contributed by atoms with van der Waals surface area (Å²) in [7, 11) is 0. The highest BCUT2D eigenvalue weighted by Gasteiger charge is 2.07. The standard InChI is InChI=1S/C10H16N4OS/c1-3-14(4-2)9-6-11-5-8(13-9)10(16)12-7-15/h5-6,15H,3-4,7H2,1-2H3,(H,12,16). The van der Waals surface area contributed by atoms with E-state index >= 15 is 0 Å². The first-order valence-electron chi connectivity index (χ1n) is 5.19. The van der Waals surface area contributed by atoms with Crippen LogP contribution in [0.5, 0.6) is 0 Å². The van der Waals surface area contributed by atoms with E-state index in [1.807, 2.05) is 0 Å². The Morgan fingerprint density at radius 2 is 2.12 bits per heavy atom. The molecule has 2 N–H and O–H groups in total. The van der Waals surface area contributed by atoms with Crippen molar-refractivity contribution in [2.24, 2.45) is 0 Å². The van der Waals surface area contributed by atoms with E-state index in [1.54, 1.807) is 12.4 Å². The zero-order valence-electron chi connectivity index (χ0n) is 9.47. The lowest BCUT2D eigenvalue weighted by atomic mass is 10.4. The minimum absolute atomic E-state index is 0.198. The fourth-order valence-corrected chi connectivity index (χ4v) is 1.49. The van der Waals surface area contributed by atoms with Crippen LogP contribution >= 0.6 is 12.2 Å². The largest absolute Gasteiger partial charge is 0.377 e. The zero-order valence-corrected chi connectivity index (χ0v) is 10.3. The van der Waals surface area contributed by atoms with Gasteiger partial charge in [0.1, 0.15) is 23.2 Å². The van der Waals surface area contributed by atoms with E-state index in [1.165, 1.54) is 0 Å². The minimum Gasteiger partial charge on any atom is -0.377 e. The van der Waals surface area contributed by atoms with Crippen LogP contribution < -0.4 is 10.2 Å². The normalized spacial score (nSPS) is 9.94. The Bertz CT molecular complexity index is 354. The molecule has 0 aliphatic heterocycles. The van der Waals surface area contributed by atoms with E-state index in [4.69, 9.17) is 17.3 Å². The maximum atomic E-state index is 8.71. The molecule has 0 unspecified atom stereocenters. The number of aliphatic hydroxyl groups is 1. The molecule has 0 bridgehead atoms. The van der Waals surface area contributed by atoms with Crippen molar-refractivity contribution in [2.45, 2.75) is 13.8 Å². The van der Waals surface area contributed by atoms with Gasteiger partial charge >= 0.3 is 0 Å². The predicted molar refractivity (Wildman–Crippen MR) is 67.5 cm³/mol. The topological polar surface area (TPSA) is 61.3 Å². The number of anilines is 1. The Balaban J connectivity index is 2.89. The Hall–Kier alpha value is -1.27. The summed E-state index contributed by atoms with van der Waals surface area (Å²) in [6, 6.07) is 0. The molecule has 16 heavy (non-hydrogen) atoms. The number of hydrogen-bond acceptors (Lipinski definition) is 5. The Morgan fingerprint density at radius 1 is 1.44 bits per heavy atom. The molecular formula is C10H16N4OS. The van der Waals surface area contributed by atoms with Crippen molar-refractivity contribution in [1.29, 1.82) is 0 Å². The van der Waals surface area contributed by atoms with Gasteiger partial charge in [-0.1, -0.05) is 12.2 Å². The maximum Gasteiger partial charge on any atom is 0.147 e. The van der Waals surface area contributed by atoms with Crippen LogP contribution in [-0.2, 0) is 0 Å². The van der Waals surface area contributed by atoms with Crippen molar-refractivity contribution < 1.29 is 5.11 Å². The Labute approximate surface area is 101 Å². The van der Waals surface area contributed by atoms with E-state index in [0.29, 0.717) is 10.7 Å². The molecule has 0 aliphatic rings. The fraction of sp³-hybridized carbons (Fsp3) is 0.500. The van der Waals surface area contributed by atoms with Crippen LogP contribution in [0.2, 0.25) is 0 Å². The van der Waals surface area contributed by atoms with Gasteiger partial charge in [0.05, 0.1) is 12.4 Å². The van der Waals surface area contributed by atoms with Crippen molar-refractivity contribution in [1.82, 2.24) is 15.3 Å². The molecule has 0 amide bonds. The highest BCUT2D eigenvalue weighted by atomic mass is 32.1. The van der Waals surface area contributed by atoms with Gasteiger partial charge in [-0.2, -0.15) is 0 Å². The molecule has 0 spiro atoms. The average Bonchev–Trinajstić information content (AvgIpc) is 2.31. The molecule has 1 heterocycles. The second kappa shape index (κ2) is 6.34. The first-order chi connectivity index (χ1) is 7.72. The number of nitrogens with zero attached hydrogens (tertiary/aromatic N) is 3. The van der Waals surface area contributed by atoms with E-state index in [0.717, 1.165) is 18.9 Å². The third-order valence-electron chi connectivity index (χ3n) is 2.18. The minimum atomic E-state index is -0.198. The third kappa shape index (κ3) is 3.11. The van der Waals surface area contributed by atoms with Gasteiger partial charge in [0.2, 0.25) is 0 Å². The number of rotatable bonds is 5. The summed E-state index contributed by atoms with van der Waals surface area (Å²) in [5.74, 6) is 0.796. The van der Waals surface area contributed by atoms with Gasteiger partial charge in [0.25, 0.3) is 0 Å². The molecule has 88 valence electrons. The first-order valence-corrected chi connectivity index (χ1v) is 5.59. The third-order valence-corrected chi connectivity index (χ3v) is 2.53. The lowest BCUT2D eigenvalue weighted by molar-refractivity contribution is 0.287. The van der Waals surface area contributed by atoms with E-state index < -0.39 is 0 Å². The quantitative estimate of drug-likeness (QED) is 0.578. The zero-order chi connectivity index (χ0) is 12.0. The molecule has 1 aromatic rings. The fourth-order valence-electron chi connectivity index (χ4n) is 1.33. The maximum absolute atomic E-state index is 8.71. The number of hydrogen-bond donors (Lipinski definition) is 2. The Kier molecular flexibility index (Phi) is 5.07. The summed E-state index contributed by atoms with van der Waals surface area (Å²) in [6.45, 7) is 5.66. The molecule has 0 radical (unpaired) electrons. The summed E-state index contributed by atoms with van der Waals surface area (Å²) in [6.07, 6.45) is 3.29. The highest BCUT2D eigenvalue weighted by Crippen LogP contribution is 2.09. The van der Waals surface area contributed by atoms with Crippen molar-refractivity contribution >= 4 is 23.0 Å². The van der Waals surface area contributed by atoms with E-state index in [9.17, 15) is 0 Å². The van der Waals surface area contributed by atoms with Crippen LogP contribution in [0.3, 0.4) is 0 Å². The van der Waals surface area contributed by atoms with E-state index in [-0.39, 0.29) is 6.73 Å². The van der Waals surface area contributed by atoms with Gasteiger partial charge in [0, 0.05) is 13.1 Å². The highest BCUT2D eigenvalue weighted by molar-refractivity contribution is 7.80. The summed E-state index contributed by atoms with van der Waals surface area (Å²) in [4.78, 5) is 11.0. The second-order valence-electron chi connectivity index (χ2n) is 3.10. The smallest absolute Gasteiger partial charge is 0.147 e. The molecule has 0 aromatic carbocycles. The Morgan fingerprint density at radius 3 is 2.69 bits per heavy atom. The molecule has 0 saturated heterocycles. The van der Waals surface area contributed by atoms with Crippen LogP contribution in [0.1, 0.15) is 19.5 Å². The number of aliphatic hydroxyl groups excluding tert-OH is 1. The van der Waals surface area contributed by atoms with Gasteiger partial charge in [0.15, 0.2) is 0 Å². The molecule has 0 fully saturated rings. The average molecular weight is 240 g/mol. The molecular weight excluding hydrogens is 224 g/mol. The van der Waals surface area contributed by atoms with Gasteiger partial charge in [-0.25, -0.2) is 4.98 Å². The number of thiocarbonyl (C=S) groups is 1. The molecule has 0 saturated carbocycles. The molecule has 0 atom stereocenters. The van der Waals surface area contributed by atoms with Crippen molar-refractivity contribution in [3.8, 4) is 0 Å².